The van der Waals surface area contributed by atoms with E-state index in [0.717, 1.165) is 0 Å². The van der Waals surface area contributed by atoms with Gasteiger partial charge in [0.25, 0.3) is 0 Å². The number of hydrogen-bond acceptors (Lipinski definition) is 5. The molecule has 0 fully saturated rings. The van der Waals surface area contributed by atoms with E-state index < -0.39 is 30.0 Å². The summed E-state index contributed by atoms with van der Waals surface area (Å²) < 4.78 is 4.33. The number of halogens is 1. The molecule has 0 bridgehead atoms. The van der Waals surface area contributed by atoms with Gasteiger partial charge in [0.1, 0.15) is 11.4 Å². The van der Waals surface area contributed by atoms with Gasteiger partial charge in [0.05, 0.1) is 6.61 Å². The molecule has 0 radical (unpaired) electrons. The lowest BCUT2D eigenvalue weighted by molar-refractivity contribution is -0.161. The molecule has 0 saturated heterocycles. The van der Waals surface area contributed by atoms with Crippen LogP contribution in [0.3, 0.4) is 0 Å². The Labute approximate surface area is 87.2 Å². The average Bonchev–Trinajstić information content (AvgIpc) is 2.14. The summed E-state index contributed by atoms with van der Waals surface area (Å²) >= 11 is 5.63. The predicted molar refractivity (Wildman–Crippen MR) is 50.6 cm³/mol. The first kappa shape index (κ1) is 13.4. The fourth-order valence-corrected chi connectivity index (χ4v) is 0.622. The minimum Gasteiger partial charge on any atom is -0.394 e. The third-order valence-electron chi connectivity index (χ3n) is 1.51. The lowest BCUT2D eigenvalue weighted by Crippen LogP contribution is -2.38. The lowest BCUT2D eigenvalue weighted by Gasteiger charge is -2.12. The van der Waals surface area contributed by atoms with Crippen LogP contribution in [0.25, 0.3) is 0 Å². The van der Waals surface area contributed by atoms with Crippen molar-refractivity contribution in [2.24, 2.45) is 11.7 Å². The molecule has 2 atom stereocenters. The first-order valence-electron chi connectivity index (χ1n) is 4.16. The Kier molecular flexibility index (Phi) is 5.68. The zero-order chi connectivity index (χ0) is 11.3. The normalized spacial score (nSPS) is 15.0. The van der Waals surface area contributed by atoms with E-state index in [1.165, 1.54) is 0 Å². The smallest absolute Gasteiger partial charge is 0.332 e. The van der Waals surface area contributed by atoms with Crippen molar-refractivity contribution in [3.8, 4) is 0 Å². The standard InChI is InChI=1S/C8H14ClNO4/c1-4(2)6(9)8(13)14-7(12)5(10)3-11/h4-6,11H,3,10H2,1-2H3/t5-,6?/m0/s1. The molecule has 1 unspecified atom stereocenters. The van der Waals surface area contributed by atoms with Crippen LogP contribution in [0.15, 0.2) is 0 Å². The van der Waals surface area contributed by atoms with Crippen molar-refractivity contribution >= 4 is 23.5 Å². The zero-order valence-corrected chi connectivity index (χ0v) is 8.82. The van der Waals surface area contributed by atoms with Gasteiger partial charge < -0.3 is 15.6 Å². The molecule has 3 N–H and O–H groups in total. The number of aliphatic hydroxyl groups is 1. The maximum absolute atomic E-state index is 11.1. The first-order valence-corrected chi connectivity index (χ1v) is 4.59. The number of carbonyl (C=O) groups is 2. The number of nitrogens with two attached hydrogens (primary N) is 1. The van der Waals surface area contributed by atoms with Crippen molar-refractivity contribution in [2.45, 2.75) is 25.3 Å². The van der Waals surface area contributed by atoms with Crippen LogP contribution in [0.1, 0.15) is 13.8 Å². The maximum Gasteiger partial charge on any atom is 0.332 e. The summed E-state index contributed by atoms with van der Waals surface area (Å²) in [5.41, 5.74) is 5.12. The quantitative estimate of drug-likeness (QED) is 0.386. The summed E-state index contributed by atoms with van der Waals surface area (Å²) in [6.45, 7) is 2.87. The minimum absolute atomic E-state index is 0.137. The molecule has 0 aliphatic carbocycles. The van der Waals surface area contributed by atoms with Crippen molar-refractivity contribution in [3.05, 3.63) is 0 Å². The number of esters is 2. The summed E-state index contributed by atoms with van der Waals surface area (Å²) in [6.07, 6.45) is 0. The molecule has 5 nitrogen and oxygen atoms in total. The Bertz CT molecular complexity index is 219. The molecule has 0 rings (SSSR count). The molecule has 0 heterocycles. The topological polar surface area (TPSA) is 89.6 Å². The molecule has 0 aromatic rings. The van der Waals surface area contributed by atoms with Crippen molar-refractivity contribution in [1.29, 1.82) is 0 Å². The van der Waals surface area contributed by atoms with E-state index in [0.29, 0.717) is 0 Å². The number of aliphatic hydroxyl groups excluding tert-OH is 1. The predicted octanol–water partition coefficient (Wildman–Crippen LogP) is -0.361. The summed E-state index contributed by atoms with van der Waals surface area (Å²) in [6, 6.07) is -1.20. The minimum atomic E-state index is -1.20. The Morgan fingerprint density at radius 1 is 1.43 bits per heavy atom. The average molecular weight is 224 g/mol. The van der Waals surface area contributed by atoms with Crippen LogP contribution < -0.4 is 5.73 Å². The summed E-state index contributed by atoms with van der Waals surface area (Å²) in [7, 11) is 0. The third kappa shape index (κ3) is 4.04. The Hall–Kier alpha value is -0.650. The molecule has 82 valence electrons. The molecule has 0 aromatic carbocycles. The second kappa shape index (κ2) is 5.95. The number of carbonyl (C=O) groups excluding carboxylic acids is 2. The lowest BCUT2D eigenvalue weighted by atomic mass is 10.1. The summed E-state index contributed by atoms with van der Waals surface area (Å²) in [5, 5.41) is 7.61. The highest BCUT2D eigenvalue weighted by Gasteiger charge is 2.25. The van der Waals surface area contributed by atoms with Crippen molar-refractivity contribution in [2.75, 3.05) is 6.61 Å². The molecular weight excluding hydrogens is 210 g/mol. The number of alkyl halides is 1. The van der Waals surface area contributed by atoms with Gasteiger partial charge in [-0.3, -0.25) is 0 Å². The summed E-state index contributed by atoms with van der Waals surface area (Å²) in [4.78, 5) is 22.0. The van der Waals surface area contributed by atoms with Crippen LogP contribution in [0.2, 0.25) is 0 Å². The number of ether oxygens (including phenoxy) is 1. The molecular formula is C8H14ClNO4. The molecule has 14 heavy (non-hydrogen) atoms. The Morgan fingerprint density at radius 2 is 1.93 bits per heavy atom. The molecule has 0 spiro atoms. The fraction of sp³-hybridized carbons (Fsp3) is 0.750. The second-order valence-corrected chi connectivity index (χ2v) is 3.65. The van der Waals surface area contributed by atoms with Gasteiger partial charge in [-0.15, -0.1) is 11.6 Å². The monoisotopic (exact) mass is 223 g/mol. The van der Waals surface area contributed by atoms with Gasteiger partial charge in [0, 0.05) is 0 Å². The molecule has 0 aliphatic heterocycles. The van der Waals surface area contributed by atoms with Gasteiger partial charge in [-0.1, -0.05) is 13.8 Å². The largest absolute Gasteiger partial charge is 0.394 e. The molecule has 0 aromatic heterocycles. The molecule has 0 aliphatic rings. The number of rotatable bonds is 4. The first-order chi connectivity index (χ1) is 6.40. The van der Waals surface area contributed by atoms with Crippen LogP contribution in [-0.2, 0) is 14.3 Å². The van der Waals surface area contributed by atoms with E-state index in [1.807, 2.05) is 0 Å². The van der Waals surface area contributed by atoms with E-state index in [-0.39, 0.29) is 5.92 Å². The number of hydrogen-bond donors (Lipinski definition) is 2. The van der Waals surface area contributed by atoms with Gasteiger partial charge in [0.15, 0.2) is 0 Å². The van der Waals surface area contributed by atoms with E-state index in [1.54, 1.807) is 13.8 Å². The molecule has 0 amide bonds. The van der Waals surface area contributed by atoms with E-state index in [2.05, 4.69) is 4.74 Å². The maximum atomic E-state index is 11.1. The van der Waals surface area contributed by atoms with Crippen LogP contribution in [0.4, 0.5) is 0 Å². The zero-order valence-electron chi connectivity index (χ0n) is 8.07. The van der Waals surface area contributed by atoms with E-state index >= 15 is 0 Å². The Morgan fingerprint density at radius 3 is 2.29 bits per heavy atom. The van der Waals surface area contributed by atoms with Gasteiger partial charge in [-0.25, -0.2) is 9.59 Å². The van der Waals surface area contributed by atoms with Crippen molar-refractivity contribution < 1.29 is 19.4 Å². The van der Waals surface area contributed by atoms with E-state index in [4.69, 9.17) is 22.4 Å². The molecule has 6 heteroatoms. The SMILES string of the molecule is CC(C)C(Cl)C(=O)OC(=O)[C@@H](N)CO. The van der Waals surface area contributed by atoms with Gasteiger partial charge in [-0.2, -0.15) is 0 Å². The van der Waals surface area contributed by atoms with Gasteiger partial charge in [0.2, 0.25) is 0 Å². The highest BCUT2D eigenvalue weighted by atomic mass is 35.5. The molecule has 0 saturated carbocycles. The highest BCUT2D eigenvalue weighted by molar-refractivity contribution is 6.30. The van der Waals surface area contributed by atoms with Crippen LogP contribution >= 0.6 is 11.6 Å². The van der Waals surface area contributed by atoms with Crippen molar-refractivity contribution in [1.82, 2.24) is 0 Å². The van der Waals surface area contributed by atoms with E-state index in [9.17, 15) is 9.59 Å². The van der Waals surface area contributed by atoms with Gasteiger partial charge in [-0.05, 0) is 5.92 Å². The third-order valence-corrected chi connectivity index (χ3v) is 2.19. The second-order valence-electron chi connectivity index (χ2n) is 3.17. The Balaban J connectivity index is 4.13. The van der Waals surface area contributed by atoms with Crippen LogP contribution in [-0.4, -0.2) is 35.1 Å². The highest BCUT2D eigenvalue weighted by Crippen LogP contribution is 2.11. The fourth-order valence-electron chi connectivity index (χ4n) is 0.578. The summed E-state index contributed by atoms with van der Waals surface area (Å²) in [5.74, 6) is -1.94. The van der Waals surface area contributed by atoms with Crippen molar-refractivity contribution in [3.63, 3.8) is 0 Å². The van der Waals surface area contributed by atoms with Crippen LogP contribution in [0, 0.1) is 5.92 Å². The van der Waals surface area contributed by atoms with Gasteiger partial charge >= 0.3 is 11.9 Å². The van der Waals surface area contributed by atoms with Crippen LogP contribution in [0.5, 0.6) is 0 Å².